The van der Waals surface area contributed by atoms with Crippen molar-refractivity contribution in [3.05, 3.63) is 12.2 Å². The molecule has 2 rings (SSSR count). The lowest BCUT2D eigenvalue weighted by molar-refractivity contribution is 0.234. The van der Waals surface area contributed by atoms with Crippen LogP contribution in [0.4, 0.5) is 0 Å². The molecule has 0 amide bonds. The van der Waals surface area contributed by atoms with E-state index in [9.17, 15) is 0 Å². The van der Waals surface area contributed by atoms with E-state index < -0.39 is 0 Å². The fourth-order valence-electron chi connectivity index (χ4n) is 5.39. The van der Waals surface area contributed by atoms with Gasteiger partial charge < -0.3 is 0 Å². The third kappa shape index (κ3) is 7.75. The van der Waals surface area contributed by atoms with Crippen molar-refractivity contribution in [2.24, 2.45) is 23.7 Å². The summed E-state index contributed by atoms with van der Waals surface area (Å²) in [6, 6.07) is 0. The highest BCUT2D eigenvalue weighted by atomic mass is 14.3. The van der Waals surface area contributed by atoms with Crippen LogP contribution in [0.15, 0.2) is 12.2 Å². The minimum Gasteiger partial charge on any atom is -0.0917 e. The largest absolute Gasteiger partial charge is 0.0917 e. The normalized spacial score (nSPS) is 31.6. The zero-order valence-electron chi connectivity index (χ0n) is 16.8. The van der Waals surface area contributed by atoms with E-state index in [1.54, 1.807) is 12.8 Å². The third-order valence-corrected chi connectivity index (χ3v) is 7.08. The summed E-state index contributed by atoms with van der Waals surface area (Å²) < 4.78 is 0. The van der Waals surface area contributed by atoms with Gasteiger partial charge in [0.25, 0.3) is 0 Å². The predicted octanol–water partition coefficient (Wildman–Crippen LogP) is 8.32. The van der Waals surface area contributed by atoms with Crippen LogP contribution in [0.3, 0.4) is 0 Å². The molecule has 0 radical (unpaired) electrons. The topological polar surface area (TPSA) is 0 Å². The van der Waals surface area contributed by atoms with Gasteiger partial charge in [-0.1, -0.05) is 109 Å². The molecule has 0 heterocycles. The standard InChI is InChI=1S/C24H44/c1-3-5-6-10-22-17-19-24(20-18-22)12-8-7-11-23-15-13-21(9-4-2)14-16-23/h3,5,21-24H,4,6-20H2,1-2H3/b5-3+/t21-,22?,23-,24?. The van der Waals surface area contributed by atoms with Crippen molar-refractivity contribution in [1.82, 2.24) is 0 Å². The van der Waals surface area contributed by atoms with Crippen molar-refractivity contribution in [2.75, 3.05) is 0 Å². The average molecular weight is 333 g/mol. The van der Waals surface area contributed by atoms with Crippen molar-refractivity contribution in [3.63, 3.8) is 0 Å². The van der Waals surface area contributed by atoms with Crippen molar-refractivity contribution < 1.29 is 0 Å². The van der Waals surface area contributed by atoms with Crippen LogP contribution < -0.4 is 0 Å². The molecule has 0 aromatic rings. The molecule has 0 nitrogen and oxygen atoms in total. The first-order chi connectivity index (χ1) is 11.8. The Labute approximate surface area is 152 Å². The first-order valence-electron chi connectivity index (χ1n) is 11.4. The smallest absolute Gasteiger partial charge is 0.0348 e. The summed E-state index contributed by atoms with van der Waals surface area (Å²) >= 11 is 0. The van der Waals surface area contributed by atoms with Crippen LogP contribution in [0.2, 0.25) is 0 Å². The maximum atomic E-state index is 2.35. The molecule has 2 aliphatic rings. The van der Waals surface area contributed by atoms with E-state index in [0.29, 0.717) is 0 Å². The summed E-state index contributed by atoms with van der Waals surface area (Å²) in [6.07, 6.45) is 28.6. The molecule has 2 fully saturated rings. The molecule has 0 atom stereocenters. The van der Waals surface area contributed by atoms with Crippen molar-refractivity contribution in [1.29, 1.82) is 0 Å². The van der Waals surface area contributed by atoms with Gasteiger partial charge in [0.1, 0.15) is 0 Å². The summed E-state index contributed by atoms with van der Waals surface area (Å²) in [5.74, 6) is 4.27. The Morgan fingerprint density at radius 2 is 1.04 bits per heavy atom. The van der Waals surface area contributed by atoms with Crippen LogP contribution in [0.1, 0.15) is 117 Å². The molecule has 0 heteroatoms. The summed E-state index contributed by atoms with van der Waals surface area (Å²) in [4.78, 5) is 0. The number of rotatable bonds is 10. The number of hydrogen-bond acceptors (Lipinski definition) is 0. The molecule has 2 saturated carbocycles. The van der Waals surface area contributed by atoms with Crippen LogP contribution in [0, 0.1) is 23.7 Å². The molecule has 24 heavy (non-hydrogen) atoms. The summed E-state index contributed by atoms with van der Waals surface area (Å²) in [5, 5.41) is 0. The highest BCUT2D eigenvalue weighted by Gasteiger charge is 2.22. The molecular formula is C24H44. The Kier molecular flexibility index (Phi) is 10.2. The second kappa shape index (κ2) is 12.2. The van der Waals surface area contributed by atoms with Gasteiger partial charge in [-0.2, -0.15) is 0 Å². The fourth-order valence-corrected chi connectivity index (χ4v) is 5.39. The van der Waals surface area contributed by atoms with Gasteiger partial charge in [-0.3, -0.25) is 0 Å². The van der Waals surface area contributed by atoms with Gasteiger partial charge in [-0.15, -0.1) is 0 Å². The van der Waals surface area contributed by atoms with E-state index in [2.05, 4.69) is 26.0 Å². The van der Waals surface area contributed by atoms with Gasteiger partial charge in [-0.05, 0) is 43.4 Å². The first kappa shape index (κ1) is 20.1. The van der Waals surface area contributed by atoms with Crippen molar-refractivity contribution in [2.45, 2.75) is 117 Å². The second-order valence-corrected chi connectivity index (χ2v) is 8.99. The maximum absolute atomic E-state index is 2.35. The lowest BCUT2D eigenvalue weighted by Gasteiger charge is -2.29. The highest BCUT2D eigenvalue weighted by molar-refractivity contribution is 4.80. The lowest BCUT2D eigenvalue weighted by atomic mass is 9.76. The Morgan fingerprint density at radius 3 is 1.46 bits per heavy atom. The number of allylic oxidation sites excluding steroid dienone is 2. The molecule has 0 saturated heterocycles. The SMILES string of the molecule is C/C=C/CCC1CCC(CCCC[C@H]2CC[C@H](CCC)CC2)CC1. The Hall–Kier alpha value is -0.260. The third-order valence-electron chi connectivity index (χ3n) is 7.08. The average Bonchev–Trinajstić information content (AvgIpc) is 2.62. The van der Waals surface area contributed by atoms with Crippen molar-refractivity contribution >= 4 is 0 Å². The molecule has 0 unspecified atom stereocenters. The van der Waals surface area contributed by atoms with Crippen LogP contribution in [-0.4, -0.2) is 0 Å². The van der Waals surface area contributed by atoms with Crippen molar-refractivity contribution in [3.8, 4) is 0 Å². The minimum absolute atomic E-state index is 1.04. The molecule has 0 bridgehead atoms. The molecule has 0 aliphatic heterocycles. The summed E-state index contributed by atoms with van der Waals surface area (Å²) in [7, 11) is 0. The van der Waals surface area contributed by atoms with Gasteiger partial charge in [0.05, 0.1) is 0 Å². The van der Waals surface area contributed by atoms with Crippen LogP contribution in [0.25, 0.3) is 0 Å². The highest BCUT2D eigenvalue weighted by Crippen LogP contribution is 2.36. The summed E-state index contributed by atoms with van der Waals surface area (Å²) in [5.41, 5.74) is 0. The zero-order valence-corrected chi connectivity index (χ0v) is 16.8. The minimum atomic E-state index is 1.04. The zero-order chi connectivity index (χ0) is 17.0. The molecule has 0 aromatic heterocycles. The molecule has 0 spiro atoms. The van der Waals surface area contributed by atoms with Gasteiger partial charge >= 0.3 is 0 Å². The quantitative estimate of drug-likeness (QED) is 0.278. The van der Waals surface area contributed by atoms with Crippen LogP contribution >= 0.6 is 0 Å². The molecule has 0 aromatic carbocycles. The molecule has 140 valence electrons. The first-order valence-corrected chi connectivity index (χ1v) is 11.4. The maximum Gasteiger partial charge on any atom is -0.0348 e. The van der Waals surface area contributed by atoms with Crippen LogP contribution in [-0.2, 0) is 0 Å². The van der Waals surface area contributed by atoms with E-state index in [0.717, 1.165) is 23.7 Å². The fraction of sp³-hybridized carbons (Fsp3) is 0.917. The van der Waals surface area contributed by atoms with E-state index in [1.807, 2.05) is 0 Å². The molecular weight excluding hydrogens is 288 g/mol. The monoisotopic (exact) mass is 332 g/mol. The lowest BCUT2D eigenvalue weighted by Crippen LogP contribution is -2.15. The van der Waals surface area contributed by atoms with Gasteiger partial charge in [0.2, 0.25) is 0 Å². The van der Waals surface area contributed by atoms with Crippen LogP contribution in [0.5, 0.6) is 0 Å². The second-order valence-electron chi connectivity index (χ2n) is 8.99. The number of unbranched alkanes of at least 4 members (excludes halogenated alkanes) is 1. The summed E-state index contributed by atoms with van der Waals surface area (Å²) in [6.45, 7) is 4.50. The van der Waals surface area contributed by atoms with Gasteiger partial charge in [0, 0.05) is 0 Å². The van der Waals surface area contributed by atoms with E-state index in [1.165, 1.54) is 89.9 Å². The predicted molar refractivity (Wildman–Crippen MR) is 108 cm³/mol. The Morgan fingerprint density at radius 1 is 0.625 bits per heavy atom. The van der Waals surface area contributed by atoms with E-state index in [-0.39, 0.29) is 0 Å². The Balaban J connectivity index is 1.46. The number of hydrogen-bond donors (Lipinski definition) is 0. The molecule has 2 aliphatic carbocycles. The van der Waals surface area contributed by atoms with E-state index >= 15 is 0 Å². The van der Waals surface area contributed by atoms with Gasteiger partial charge in [0.15, 0.2) is 0 Å². The Bertz CT molecular complexity index is 313. The molecule has 0 N–H and O–H groups in total. The van der Waals surface area contributed by atoms with E-state index in [4.69, 9.17) is 0 Å². The van der Waals surface area contributed by atoms with Gasteiger partial charge in [-0.25, -0.2) is 0 Å².